The highest BCUT2D eigenvalue weighted by atomic mass is 79.9. The molecule has 18 heavy (non-hydrogen) atoms. The van der Waals surface area contributed by atoms with E-state index >= 15 is 0 Å². The van der Waals surface area contributed by atoms with E-state index in [1.54, 1.807) is 0 Å². The Bertz CT molecular complexity index is 564. The lowest BCUT2D eigenvalue weighted by Gasteiger charge is -2.16. The van der Waals surface area contributed by atoms with E-state index < -0.39 is 0 Å². The van der Waals surface area contributed by atoms with Crippen LogP contribution in [-0.2, 0) is 0 Å². The molecular formula is C14H14BrNOS. The van der Waals surface area contributed by atoms with E-state index in [1.807, 2.05) is 36.6 Å². The summed E-state index contributed by atoms with van der Waals surface area (Å²) in [5, 5.41) is 4.86. The molecule has 0 bridgehead atoms. The van der Waals surface area contributed by atoms with Crippen LogP contribution in [0, 0.1) is 6.92 Å². The number of halogens is 1. The maximum Gasteiger partial charge on any atom is 0.252 e. The smallest absolute Gasteiger partial charge is 0.252 e. The van der Waals surface area contributed by atoms with Gasteiger partial charge in [-0.3, -0.25) is 4.79 Å². The van der Waals surface area contributed by atoms with Crippen LogP contribution in [0.2, 0.25) is 0 Å². The highest BCUT2D eigenvalue weighted by Crippen LogP contribution is 2.22. The molecule has 4 heteroatoms. The van der Waals surface area contributed by atoms with Crippen LogP contribution in [0.15, 0.2) is 39.5 Å². The van der Waals surface area contributed by atoms with Crippen molar-refractivity contribution >= 4 is 33.2 Å². The summed E-state index contributed by atoms with van der Waals surface area (Å²) in [5.74, 6) is -0.0345. The predicted octanol–water partition coefficient (Wildman–Crippen LogP) is 4.31. The van der Waals surface area contributed by atoms with Gasteiger partial charge in [0.25, 0.3) is 5.91 Å². The van der Waals surface area contributed by atoms with E-state index in [0.29, 0.717) is 5.56 Å². The van der Waals surface area contributed by atoms with Gasteiger partial charge in [-0.1, -0.05) is 24.3 Å². The Labute approximate surface area is 119 Å². The lowest BCUT2D eigenvalue weighted by molar-refractivity contribution is 0.0940. The highest BCUT2D eigenvalue weighted by Gasteiger charge is 2.13. The molecule has 0 aliphatic rings. The fourth-order valence-corrected chi connectivity index (χ4v) is 3.00. The number of thiophene rings is 1. The van der Waals surface area contributed by atoms with Gasteiger partial charge in [0.1, 0.15) is 0 Å². The van der Waals surface area contributed by atoms with E-state index in [1.165, 1.54) is 16.9 Å². The molecule has 1 aromatic carbocycles. The molecule has 1 aromatic heterocycles. The van der Waals surface area contributed by atoms with Gasteiger partial charge in [-0.2, -0.15) is 0 Å². The average Bonchev–Trinajstić information content (AvgIpc) is 2.76. The average molecular weight is 324 g/mol. The van der Waals surface area contributed by atoms with Gasteiger partial charge in [-0.05, 0) is 47.0 Å². The van der Waals surface area contributed by atoms with Crippen molar-refractivity contribution in [2.45, 2.75) is 19.9 Å². The number of amides is 1. The summed E-state index contributed by atoms with van der Waals surface area (Å²) in [7, 11) is 0. The van der Waals surface area contributed by atoms with Gasteiger partial charge >= 0.3 is 0 Å². The Kier molecular flexibility index (Phi) is 4.19. The largest absolute Gasteiger partial charge is 0.345 e. The normalized spacial score (nSPS) is 12.2. The molecular weight excluding hydrogens is 310 g/mol. The second kappa shape index (κ2) is 5.67. The first kappa shape index (κ1) is 13.3. The second-order valence-corrected chi connectivity index (χ2v) is 6.48. The zero-order chi connectivity index (χ0) is 13.1. The van der Waals surface area contributed by atoms with Crippen LogP contribution in [0.3, 0.4) is 0 Å². The Hall–Kier alpha value is -1.13. The van der Waals surface area contributed by atoms with Crippen LogP contribution < -0.4 is 5.32 Å². The molecule has 1 N–H and O–H groups in total. The van der Waals surface area contributed by atoms with Crippen LogP contribution >= 0.6 is 27.3 Å². The SMILES string of the molecule is Cc1ccccc1C(C)NC(=O)c1csc(Br)c1. The Morgan fingerprint density at radius 2 is 2.11 bits per heavy atom. The van der Waals surface area contributed by atoms with Crippen molar-refractivity contribution in [2.24, 2.45) is 0 Å². The predicted molar refractivity (Wildman–Crippen MR) is 79.1 cm³/mol. The van der Waals surface area contributed by atoms with Crippen molar-refractivity contribution in [3.63, 3.8) is 0 Å². The number of hydrogen-bond acceptors (Lipinski definition) is 2. The third kappa shape index (κ3) is 3.00. The maximum atomic E-state index is 12.0. The standard InChI is InChI=1S/C14H14BrNOS/c1-9-5-3-4-6-12(9)10(2)16-14(17)11-7-13(15)18-8-11/h3-8,10H,1-2H3,(H,16,17). The molecule has 0 saturated carbocycles. The molecule has 1 heterocycles. The second-order valence-electron chi connectivity index (χ2n) is 4.19. The van der Waals surface area contributed by atoms with E-state index in [-0.39, 0.29) is 11.9 Å². The van der Waals surface area contributed by atoms with E-state index in [2.05, 4.69) is 34.2 Å². The lowest BCUT2D eigenvalue weighted by atomic mass is 10.0. The monoisotopic (exact) mass is 323 g/mol. The Morgan fingerprint density at radius 3 is 2.72 bits per heavy atom. The summed E-state index contributed by atoms with van der Waals surface area (Å²) in [6, 6.07) is 9.95. The summed E-state index contributed by atoms with van der Waals surface area (Å²) in [5.41, 5.74) is 3.05. The highest BCUT2D eigenvalue weighted by molar-refractivity contribution is 9.11. The van der Waals surface area contributed by atoms with Crippen LogP contribution in [0.25, 0.3) is 0 Å². The van der Waals surface area contributed by atoms with E-state index in [0.717, 1.165) is 9.35 Å². The van der Waals surface area contributed by atoms with Crippen molar-refractivity contribution in [2.75, 3.05) is 0 Å². The third-order valence-corrected chi connectivity index (χ3v) is 4.34. The Morgan fingerprint density at radius 1 is 1.39 bits per heavy atom. The minimum Gasteiger partial charge on any atom is -0.345 e. The third-order valence-electron chi connectivity index (χ3n) is 2.83. The number of hydrogen-bond donors (Lipinski definition) is 1. The summed E-state index contributed by atoms with van der Waals surface area (Å²) < 4.78 is 0.969. The van der Waals surface area contributed by atoms with Crippen LogP contribution in [0.4, 0.5) is 0 Å². The van der Waals surface area contributed by atoms with Crippen molar-refractivity contribution in [1.82, 2.24) is 5.32 Å². The zero-order valence-corrected chi connectivity index (χ0v) is 12.6. The first-order chi connectivity index (χ1) is 8.58. The van der Waals surface area contributed by atoms with Crippen LogP contribution in [0.5, 0.6) is 0 Å². The lowest BCUT2D eigenvalue weighted by Crippen LogP contribution is -2.26. The molecule has 0 fully saturated rings. The van der Waals surface area contributed by atoms with Gasteiger partial charge in [0.15, 0.2) is 0 Å². The number of carbonyl (C=O) groups excluding carboxylic acids is 1. The molecule has 2 rings (SSSR count). The minimum absolute atomic E-state index is 0.0115. The fourth-order valence-electron chi connectivity index (χ4n) is 1.86. The van der Waals surface area contributed by atoms with E-state index in [4.69, 9.17) is 0 Å². The topological polar surface area (TPSA) is 29.1 Å². The van der Waals surface area contributed by atoms with Crippen LogP contribution in [0.1, 0.15) is 34.5 Å². The molecule has 2 nitrogen and oxygen atoms in total. The molecule has 0 spiro atoms. The van der Waals surface area contributed by atoms with Gasteiger partial charge < -0.3 is 5.32 Å². The molecule has 0 aliphatic carbocycles. The van der Waals surface area contributed by atoms with Crippen molar-refractivity contribution < 1.29 is 4.79 Å². The zero-order valence-electron chi connectivity index (χ0n) is 10.2. The van der Waals surface area contributed by atoms with E-state index in [9.17, 15) is 4.79 Å². The number of nitrogens with one attached hydrogen (secondary N) is 1. The van der Waals surface area contributed by atoms with Gasteiger partial charge in [-0.15, -0.1) is 11.3 Å². The molecule has 94 valence electrons. The fraction of sp³-hybridized carbons (Fsp3) is 0.214. The molecule has 0 saturated heterocycles. The quantitative estimate of drug-likeness (QED) is 0.895. The summed E-state index contributed by atoms with van der Waals surface area (Å²) in [4.78, 5) is 12.0. The van der Waals surface area contributed by atoms with Gasteiger partial charge in [0.2, 0.25) is 0 Å². The number of carbonyl (C=O) groups is 1. The summed E-state index contributed by atoms with van der Waals surface area (Å²) in [6.07, 6.45) is 0. The summed E-state index contributed by atoms with van der Waals surface area (Å²) in [6.45, 7) is 4.06. The molecule has 0 radical (unpaired) electrons. The number of benzene rings is 1. The van der Waals surface area contributed by atoms with Crippen molar-refractivity contribution in [1.29, 1.82) is 0 Å². The minimum atomic E-state index is -0.0345. The van der Waals surface area contributed by atoms with Crippen LogP contribution in [-0.4, -0.2) is 5.91 Å². The van der Waals surface area contributed by atoms with Crippen molar-refractivity contribution in [3.05, 3.63) is 56.2 Å². The molecule has 1 amide bonds. The summed E-state index contributed by atoms with van der Waals surface area (Å²) >= 11 is 4.88. The van der Waals surface area contributed by atoms with Gasteiger partial charge in [0.05, 0.1) is 15.4 Å². The maximum absolute atomic E-state index is 12.0. The molecule has 1 atom stereocenters. The molecule has 1 unspecified atom stereocenters. The first-order valence-corrected chi connectivity index (χ1v) is 7.35. The number of rotatable bonds is 3. The van der Waals surface area contributed by atoms with Gasteiger partial charge in [0, 0.05) is 5.38 Å². The van der Waals surface area contributed by atoms with Crippen molar-refractivity contribution in [3.8, 4) is 0 Å². The molecule has 0 aliphatic heterocycles. The Balaban J connectivity index is 2.10. The first-order valence-electron chi connectivity index (χ1n) is 5.68. The van der Waals surface area contributed by atoms with Gasteiger partial charge in [-0.25, -0.2) is 0 Å². The molecule has 2 aromatic rings. The number of aryl methyl sites for hydroxylation is 1.